The second-order valence-electron chi connectivity index (χ2n) is 8.32. The van der Waals surface area contributed by atoms with Crippen LogP contribution in [0.25, 0.3) is 33.4 Å². The van der Waals surface area contributed by atoms with Crippen molar-refractivity contribution >= 4 is 11.4 Å². The molecular formula is C30H30N2. The van der Waals surface area contributed by atoms with Gasteiger partial charge in [0.25, 0.3) is 0 Å². The molecule has 0 amide bonds. The molecule has 0 atom stereocenters. The van der Waals surface area contributed by atoms with Gasteiger partial charge in [0.1, 0.15) is 0 Å². The fourth-order valence-corrected chi connectivity index (χ4v) is 5.07. The van der Waals surface area contributed by atoms with Crippen molar-refractivity contribution < 1.29 is 0 Å². The Morgan fingerprint density at radius 3 is 1.31 bits per heavy atom. The van der Waals surface area contributed by atoms with E-state index in [1.165, 1.54) is 55.9 Å². The molecule has 2 nitrogen and oxygen atoms in total. The summed E-state index contributed by atoms with van der Waals surface area (Å²) in [4.78, 5) is 0. The van der Waals surface area contributed by atoms with Crippen LogP contribution in [0.2, 0.25) is 0 Å². The van der Waals surface area contributed by atoms with Gasteiger partial charge in [-0.1, -0.05) is 86.6 Å². The minimum Gasteiger partial charge on any atom is -0.383 e. The molecule has 0 fully saturated rings. The second kappa shape index (κ2) is 8.92. The maximum absolute atomic E-state index is 3.71. The van der Waals surface area contributed by atoms with Gasteiger partial charge in [-0.2, -0.15) is 0 Å². The van der Waals surface area contributed by atoms with E-state index in [0.717, 1.165) is 25.9 Å². The van der Waals surface area contributed by atoms with Crippen LogP contribution in [0.15, 0.2) is 84.9 Å². The smallest absolute Gasteiger partial charge is 0.0424 e. The van der Waals surface area contributed by atoms with Gasteiger partial charge in [0.2, 0.25) is 0 Å². The predicted molar refractivity (Wildman–Crippen MR) is 138 cm³/mol. The van der Waals surface area contributed by atoms with Gasteiger partial charge in [0, 0.05) is 35.6 Å². The van der Waals surface area contributed by atoms with Crippen molar-refractivity contribution in [2.45, 2.75) is 26.7 Å². The van der Waals surface area contributed by atoms with Gasteiger partial charge in [-0.15, -0.1) is 0 Å². The van der Waals surface area contributed by atoms with Crippen LogP contribution in [0, 0.1) is 0 Å². The third kappa shape index (κ3) is 3.56. The Morgan fingerprint density at radius 2 is 0.938 bits per heavy atom. The van der Waals surface area contributed by atoms with E-state index < -0.39 is 0 Å². The van der Waals surface area contributed by atoms with E-state index in [9.17, 15) is 0 Å². The van der Waals surface area contributed by atoms with Gasteiger partial charge in [-0.25, -0.2) is 0 Å². The molecule has 0 aliphatic carbocycles. The van der Waals surface area contributed by atoms with Crippen molar-refractivity contribution in [2.24, 2.45) is 0 Å². The zero-order chi connectivity index (χ0) is 21.9. The molecule has 0 saturated carbocycles. The fraction of sp³-hybridized carbons (Fsp3) is 0.200. The highest BCUT2D eigenvalue weighted by molar-refractivity contribution is 5.97. The molecule has 160 valence electrons. The highest BCUT2D eigenvalue weighted by atomic mass is 15.0. The SMILES string of the molecule is CCc1c(-c2ccccc2)ccc2c1-c1c(ccc(-c3ccccc3)c1CC)NCCN2. The maximum atomic E-state index is 3.71. The first-order chi connectivity index (χ1) is 15.8. The van der Waals surface area contributed by atoms with Gasteiger partial charge >= 0.3 is 0 Å². The summed E-state index contributed by atoms with van der Waals surface area (Å²) in [7, 11) is 0. The van der Waals surface area contributed by atoms with Gasteiger partial charge in [0.05, 0.1) is 0 Å². The zero-order valence-corrected chi connectivity index (χ0v) is 18.9. The van der Waals surface area contributed by atoms with Crippen LogP contribution in [0.1, 0.15) is 25.0 Å². The van der Waals surface area contributed by atoms with Crippen molar-refractivity contribution in [2.75, 3.05) is 23.7 Å². The summed E-state index contributed by atoms with van der Waals surface area (Å²) in [5.74, 6) is 0. The first-order valence-corrected chi connectivity index (χ1v) is 11.7. The summed E-state index contributed by atoms with van der Waals surface area (Å²) < 4.78 is 0. The minimum atomic E-state index is 0.905. The van der Waals surface area contributed by atoms with E-state index in [2.05, 4.69) is 109 Å². The Labute approximate surface area is 191 Å². The molecule has 2 heteroatoms. The average Bonchev–Trinajstić information content (AvgIpc) is 2.85. The quantitative estimate of drug-likeness (QED) is 0.356. The van der Waals surface area contributed by atoms with Gasteiger partial charge in [-0.3, -0.25) is 0 Å². The van der Waals surface area contributed by atoms with Crippen molar-refractivity contribution in [3.63, 3.8) is 0 Å². The van der Waals surface area contributed by atoms with Crippen molar-refractivity contribution in [1.29, 1.82) is 0 Å². The zero-order valence-electron chi connectivity index (χ0n) is 18.9. The molecule has 5 rings (SSSR count). The monoisotopic (exact) mass is 418 g/mol. The van der Waals surface area contributed by atoms with E-state index in [1.807, 2.05) is 0 Å². The largest absolute Gasteiger partial charge is 0.383 e. The molecule has 4 aromatic rings. The first kappa shape index (κ1) is 20.4. The van der Waals surface area contributed by atoms with Crippen LogP contribution in [-0.2, 0) is 12.8 Å². The molecule has 0 saturated heterocycles. The molecular weight excluding hydrogens is 388 g/mol. The number of anilines is 2. The molecule has 32 heavy (non-hydrogen) atoms. The summed E-state index contributed by atoms with van der Waals surface area (Å²) in [6.45, 7) is 6.37. The molecule has 1 heterocycles. The van der Waals surface area contributed by atoms with Crippen LogP contribution < -0.4 is 10.6 Å². The molecule has 1 aliphatic heterocycles. The summed E-state index contributed by atoms with van der Waals surface area (Å²) in [5, 5.41) is 7.41. The number of hydrogen-bond donors (Lipinski definition) is 2. The molecule has 2 N–H and O–H groups in total. The van der Waals surface area contributed by atoms with Crippen LogP contribution in [0.4, 0.5) is 11.4 Å². The lowest BCUT2D eigenvalue weighted by Gasteiger charge is -2.28. The Kier molecular flexibility index (Phi) is 5.68. The lowest BCUT2D eigenvalue weighted by Crippen LogP contribution is -2.18. The average molecular weight is 419 g/mol. The van der Waals surface area contributed by atoms with Gasteiger partial charge in [-0.05, 0) is 58.4 Å². The Bertz CT molecular complexity index is 1130. The van der Waals surface area contributed by atoms with Crippen molar-refractivity contribution in [3.05, 3.63) is 96.1 Å². The Balaban J connectivity index is 1.84. The molecule has 1 aliphatic rings. The van der Waals surface area contributed by atoms with Crippen LogP contribution in [-0.4, -0.2) is 13.1 Å². The van der Waals surface area contributed by atoms with Gasteiger partial charge < -0.3 is 10.6 Å². The third-order valence-corrected chi connectivity index (χ3v) is 6.51. The lowest BCUT2D eigenvalue weighted by molar-refractivity contribution is 1.05. The molecule has 0 aromatic heterocycles. The minimum absolute atomic E-state index is 0.905. The molecule has 0 radical (unpaired) electrons. The van der Waals surface area contributed by atoms with E-state index in [1.54, 1.807) is 0 Å². The molecule has 0 spiro atoms. The molecule has 0 bridgehead atoms. The van der Waals surface area contributed by atoms with E-state index in [-0.39, 0.29) is 0 Å². The summed E-state index contributed by atoms with van der Waals surface area (Å²) >= 11 is 0. The van der Waals surface area contributed by atoms with E-state index >= 15 is 0 Å². The number of rotatable bonds is 4. The number of fused-ring (bicyclic) bond motifs is 3. The van der Waals surface area contributed by atoms with E-state index in [0.29, 0.717) is 0 Å². The van der Waals surface area contributed by atoms with Crippen LogP contribution in [0.3, 0.4) is 0 Å². The van der Waals surface area contributed by atoms with Crippen LogP contribution >= 0.6 is 0 Å². The topological polar surface area (TPSA) is 24.1 Å². The number of hydrogen-bond acceptors (Lipinski definition) is 2. The fourth-order valence-electron chi connectivity index (χ4n) is 5.07. The lowest BCUT2D eigenvalue weighted by atomic mass is 9.83. The van der Waals surface area contributed by atoms with Crippen molar-refractivity contribution in [1.82, 2.24) is 0 Å². The first-order valence-electron chi connectivity index (χ1n) is 11.7. The third-order valence-electron chi connectivity index (χ3n) is 6.51. The van der Waals surface area contributed by atoms with E-state index in [4.69, 9.17) is 0 Å². The highest BCUT2D eigenvalue weighted by Gasteiger charge is 2.23. The maximum Gasteiger partial charge on any atom is 0.0424 e. The van der Waals surface area contributed by atoms with Crippen LogP contribution in [0.5, 0.6) is 0 Å². The summed E-state index contributed by atoms with van der Waals surface area (Å²) in [6, 6.07) is 30.7. The molecule has 4 aromatic carbocycles. The summed E-state index contributed by atoms with van der Waals surface area (Å²) in [5.41, 5.74) is 13.2. The Hall–Kier alpha value is -3.52. The molecule has 0 unspecified atom stereocenters. The number of benzene rings is 4. The van der Waals surface area contributed by atoms with Gasteiger partial charge in [0.15, 0.2) is 0 Å². The second-order valence-corrected chi connectivity index (χ2v) is 8.32. The highest BCUT2D eigenvalue weighted by Crippen LogP contribution is 2.46. The van der Waals surface area contributed by atoms with Crippen molar-refractivity contribution in [3.8, 4) is 33.4 Å². The standard InChI is InChI=1S/C30H30N2/c1-3-23-25(21-11-7-5-8-12-21)15-17-27-29(23)30-24(4-2)26(22-13-9-6-10-14-22)16-18-28(30)32-20-19-31-27/h5-18,31-32H,3-4,19-20H2,1-2H3. The Morgan fingerprint density at radius 1 is 0.531 bits per heavy atom. The summed E-state index contributed by atoms with van der Waals surface area (Å²) in [6.07, 6.45) is 1.96. The normalized spacial score (nSPS) is 12.6. The predicted octanol–water partition coefficient (Wildman–Crippen LogP) is 7.65. The number of nitrogens with one attached hydrogen (secondary N) is 2.